The van der Waals surface area contributed by atoms with Crippen LogP contribution in [-0.2, 0) is 12.8 Å². The molecule has 1 atom stereocenters. The third-order valence-corrected chi connectivity index (χ3v) is 2.72. The van der Waals surface area contributed by atoms with Gasteiger partial charge in [-0.3, -0.25) is 0 Å². The molecule has 17 heavy (non-hydrogen) atoms. The van der Waals surface area contributed by atoms with E-state index >= 15 is 0 Å². The Morgan fingerprint density at radius 1 is 1.18 bits per heavy atom. The van der Waals surface area contributed by atoms with E-state index in [1.54, 1.807) is 0 Å². The number of nitrogens with zero attached hydrogens (tertiary/aromatic N) is 2. The van der Waals surface area contributed by atoms with Crippen molar-refractivity contribution >= 4 is 0 Å². The van der Waals surface area contributed by atoms with Crippen molar-refractivity contribution in [3.05, 3.63) is 11.7 Å². The predicted molar refractivity (Wildman–Crippen MR) is 69.0 cm³/mol. The summed E-state index contributed by atoms with van der Waals surface area (Å²) in [6.07, 6.45) is 6.31. The highest BCUT2D eigenvalue weighted by molar-refractivity contribution is 4.89. The molecule has 1 N–H and O–H groups in total. The fourth-order valence-electron chi connectivity index (χ4n) is 1.88. The molecule has 1 aromatic heterocycles. The van der Waals surface area contributed by atoms with Crippen LogP contribution in [0.15, 0.2) is 4.52 Å². The van der Waals surface area contributed by atoms with Crippen molar-refractivity contribution in [2.45, 2.75) is 65.3 Å². The molecule has 1 heterocycles. The van der Waals surface area contributed by atoms with Crippen LogP contribution < -0.4 is 5.32 Å². The summed E-state index contributed by atoms with van der Waals surface area (Å²) in [6.45, 7) is 7.57. The third-order valence-electron chi connectivity index (χ3n) is 2.72. The summed E-state index contributed by atoms with van der Waals surface area (Å²) in [6, 6.07) is 0.467. The summed E-state index contributed by atoms with van der Waals surface area (Å²) in [5, 5.41) is 7.52. The Morgan fingerprint density at radius 3 is 2.65 bits per heavy atom. The second-order valence-corrected chi connectivity index (χ2v) is 4.50. The molecule has 0 saturated carbocycles. The summed E-state index contributed by atoms with van der Waals surface area (Å²) >= 11 is 0. The highest BCUT2D eigenvalue weighted by atomic mass is 16.5. The van der Waals surface area contributed by atoms with Gasteiger partial charge in [0.2, 0.25) is 5.89 Å². The highest BCUT2D eigenvalue weighted by Gasteiger charge is 2.13. The molecule has 0 saturated heterocycles. The Kier molecular flexibility index (Phi) is 6.86. The second-order valence-electron chi connectivity index (χ2n) is 4.50. The first-order valence-electron chi connectivity index (χ1n) is 6.84. The molecule has 1 rings (SSSR count). The number of hydrogen-bond donors (Lipinski definition) is 1. The first-order chi connectivity index (χ1) is 8.30. The first kappa shape index (κ1) is 14.2. The van der Waals surface area contributed by atoms with Crippen molar-refractivity contribution in [1.29, 1.82) is 0 Å². The molecule has 0 fully saturated rings. The lowest BCUT2D eigenvalue weighted by atomic mass is 10.1. The largest absolute Gasteiger partial charge is 0.339 e. The van der Waals surface area contributed by atoms with Gasteiger partial charge in [-0.1, -0.05) is 32.3 Å². The maximum absolute atomic E-state index is 5.27. The molecular weight excluding hydrogens is 214 g/mol. The average Bonchev–Trinajstić information content (AvgIpc) is 2.74. The molecule has 0 aromatic carbocycles. The van der Waals surface area contributed by atoms with E-state index in [9.17, 15) is 0 Å². The molecule has 98 valence electrons. The van der Waals surface area contributed by atoms with Gasteiger partial charge in [0.15, 0.2) is 5.82 Å². The molecule has 0 aliphatic rings. The molecule has 1 aromatic rings. The molecule has 0 radical (unpaired) electrons. The standard InChI is InChI=1S/C13H25N3O/c1-4-7-11(14-9-6-3)10-13-15-12(8-5-2)16-17-13/h11,14H,4-10H2,1-3H3. The van der Waals surface area contributed by atoms with Crippen LogP contribution in [0.5, 0.6) is 0 Å². The Hall–Kier alpha value is -0.900. The van der Waals surface area contributed by atoms with Crippen LogP contribution in [0.1, 0.15) is 58.2 Å². The summed E-state index contributed by atoms with van der Waals surface area (Å²) in [7, 11) is 0. The topological polar surface area (TPSA) is 51.0 Å². The van der Waals surface area contributed by atoms with Crippen molar-refractivity contribution in [2.75, 3.05) is 6.54 Å². The van der Waals surface area contributed by atoms with E-state index in [0.717, 1.165) is 50.4 Å². The van der Waals surface area contributed by atoms with Gasteiger partial charge in [0.05, 0.1) is 0 Å². The molecule has 0 aliphatic carbocycles. The van der Waals surface area contributed by atoms with E-state index in [2.05, 4.69) is 36.2 Å². The zero-order valence-electron chi connectivity index (χ0n) is 11.3. The lowest BCUT2D eigenvalue weighted by Gasteiger charge is -2.15. The van der Waals surface area contributed by atoms with E-state index in [-0.39, 0.29) is 0 Å². The average molecular weight is 239 g/mol. The number of nitrogens with one attached hydrogen (secondary N) is 1. The van der Waals surface area contributed by atoms with Crippen molar-refractivity contribution < 1.29 is 4.52 Å². The van der Waals surface area contributed by atoms with Gasteiger partial charge in [0.1, 0.15) is 0 Å². The molecule has 0 spiro atoms. The van der Waals surface area contributed by atoms with Crippen molar-refractivity contribution in [2.24, 2.45) is 0 Å². The maximum Gasteiger partial charge on any atom is 0.228 e. The van der Waals surface area contributed by atoms with Gasteiger partial charge in [-0.15, -0.1) is 0 Å². The van der Waals surface area contributed by atoms with E-state index in [0.29, 0.717) is 6.04 Å². The maximum atomic E-state index is 5.27. The van der Waals surface area contributed by atoms with Gasteiger partial charge in [-0.2, -0.15) is 4.98 Å². The van der Waals surface area contributed by atoms with Crippen LogP contribution in [0.2, 0.25) is 0 Å². The summed E-state index contributed by atoms with van der Waals surface area (Å²) < 4.78 is 5.27. The lowest BCUT2D eigenvalue weighted by Crippen LogP contribution is -2.31. The Bertz CT molecular complexity index is 299. The van der Waals surface area contributed by atoms with Gasteiger partial charge in [-0.25, -0.2) is 0 Å². The minimum atomic E-state index is 0.467. The van der Waals surface area contributed by atoms with Crippen LogP contribution >= 0.6 is 0 Å². The molecule has 1 unspecified atom stereocenters. The zero-order valence-corrected chi connectivity index (χ0v) is 11.3. The first-order valence-corrected chi connectivity index (χ1v) is 6.84. The van der Waals surface area contributed by atoms with E-state index in [1.807, 2.05) is 0 Å². The normalized spacial score (nSPS) is 12.9. The van der Waals surface area contributed by atoms with Gasteiger partial charge < -0.3 is 9.84 Å². The van der Waals surface area contributed by atoms with Crippen molar-refractivity contribution in [1.82, 2.24) is 15.5 Å². The Morgan fingerprint density at radius 2 is 2.00 bits per heavy atom. The van der Waals surface area contributed by atoms with Crippen LogP contribution in [0, 0.1) is 0 Å². The zero-order chi connectivity index (χ0) is 12.5. The SMILES string of the molecule is CCCNC(CCC)Cc1nc(CCC)no1. The molecule has 0 aliphatic heterocycles. The quantitative estimate of drug-likeness (QED) is 0.720. The van der Waals surface area contributed by atoms with E-state index in [1.165, 1.54) is 6.42 Å². The van der Waals surface area contributed by atoms with Crippen LogP contribution in [-0.4, -0.2) is 22.7 Å². The number of aryl methyl sites for hydroxylation is 1. The van der Waals surface area contributed by atoms with E-state index < -0.39 is 0 Å². The molecule has 0 bridgehead atoms. The predicted octanol–water partition coefficient (Wildman–Crippen LogP) is 2.73. The smallest absolute Gasteiger partial charge is 0.228 e. The van der Waals surface area contributed by atoms with Gasteiger partial charge in [-0.05, 0) is 25.8 Å². The highest BCUT2D eigenvalue weighted by Crippen LogP contribution is 2.07. The fraction of sp³-hybridized carbons (Fsp3) is 0.846. The van der Waals surface area contributed by atoms with Gasteiger partial charge >= 0.3 is 0 Å². The van der Waals surface area contributed by atoms with Gasteiger partial charge in [0, 0.05) is 18.9 Å². The number of rotatable bonds is 9. The monoisotopic (exact) mass is 239 g/mol. The van der Waals surface area contributed by atoms with Crippen LogP contribution in [0.4, 0.5) is 0 Å². The fourth-order valence-corrected chi connectivity index (χ4v) is 1.88. The van der Waals surface area contributed by atoms with Crippen LogP contribution in [0.3, 0.4) is 0 Å². The number of aromatic nitrogens is 2. The van der Waals surface area contributed by atoms with Gasteiger partial charge in [0.25, 0.3) is 0 Å². The second kappa shape index (κ2) is 8.23. The Labute approximate surface area is 104 Å². The van der Waals surface area contributed by atoms with Crippen molar-refractivity contribution in [3.63, 3.8) is 0 Å². The summed E-state index contributed by atoms with van der Waals surface area (Å²) in [5.41, 5.74) is 0. The molecule has 4 nitrogen and oxygen atoms in total. The lowest BCUT2D eigenvalue weighted by molar-refractivity contribution is 0.347. The minimum absolute atomic E-state index is 0.467. The molecular formula is C13H25N3O. The third kappa shape index (κ3) is 5.31. The minimum Gasteiger partial charge on any atom is -0.339 e. The molecule has 0 amide bonds. The summed E-state index contributed by atoms with van der Waals surface area (Å²) in [4.78, 5) is 4.41. The van der Waals surface area contributed by atoms with Crippen LogP contribution in [0.25, 0.3) is 0 Å². The summed E-state index contributed by atoms with van der Waals surface area (Å²) in [5.74, 6) is 1.61. The molecule has 4 heteroatoms. The Balaban J connectivity index is 2.46. The van der Waals surface area contributed by atoms with E-state index in [4.69, 9.17) is 4.52 Å². The number of hydrogen-bond acceptors (Lipinski definition) is 4. The van der Waals surface area contributed by atoms with Crippen molar-refractivity contribution in [3.8, 4) is 0 Å².